The van der Waals surface area contributed by atoms with Gasteiger partial charge < -0.3 is 20.4 Å². The van der Waals surface area contributed by atoms with Gasteiger partial charge in [0, 0.05) is 35.9 Å². The number of nitrogens with zero attached hydrogens (tertiary/aromatic N) is 3. The Morgan fingerprint density at radius 3 is 2.94 bits per heavy atom. The molecule has 1 amide bonds. The first kappa shape index (κ1) is 23.1. The van der Waals surface area contributed by atoms with Crippen molar-refractivity contribution in [2.45, 2.75) is 25.7 Å². The molecule has 1 aromatic carbocycles. The van der Waals surface area contributed by atoms with Crippen molar-refractivity contribution in [1.29, 1.82) is 0 Å². The van der Waals surface area contributed by atoms with Crippen molar-refractivity contribution in [3.63, 3.8) is 0 Å². The number of H-pyrrole nitrogens is 2. The molecule has 0 bridgehead atoms. The van der Waals surface area contributed by atoms with Gasteiger partial charge in [-0.15, -0.1) is 0 Å². The quantitative estimate of drug-likeness (QED) is 0.270. The molecule has 35 heavy (non-hydrogen) atoms. The number of carbonyl (C=O) groups is 1. The molecule has 1 unspecified atom stereocenters. The fourth-order valence-corrected chi connectivity index (χ4v) is 5.28. The highest BCUT2D eigenvalue weighted by atomic mass is 32.2. The Kier molecular flexibility index (Phi) is 6.05. The fourth-order valence-electron chi connectivity index (χ4n) is 4.62. The summed E-state index contributed by atoms with van der Waals surface area (Å²) in [5.74, 6) is 1.07. The Balaban J connectivity index is 1.39. The van der Waals surface area contributed by atoms with Crippen molar-refractivity contribution in [2.75, 3.05) is 31.0 Å². The van der Waals surface area contributed by atoms with E-state index in [1.807, 2.05) is 12.1 Å². The molecule has 3 aromatic heterocycles. The molecule has 1 aliphatic carbocycles. The number of fused-ring (bicyclic) bond motifs is 4. The van der Waals surface area contributed by atoms with Crippen LogP contribution in [0.2, 0.25) is 0 Å². The number of sulfone groups is 1. The minimum atomic E-state index is -3.04. The lowest BCUT2D eigenvalue weighted by Gasteiger charge is -2.22. The summed E-state index contributed by atoms with van der Waals surface area (Å²) in [5.41, 5.74) is 4.40. The van der Waals surface area contributed by atoms with Gasteiger partial charge in [-0.1, -0.05) is 0 Å². The minimum Gasteiger partial charge on any atom is -0.494 e. The van der Waals surface area contributed by atoms with Gasteiger partial charge in [-0.2, -0.15) is 5.10 Å². The molecule has 4 N–H and O–H groups in total. The third-order valence-corrected chi connectivity index (χ3v) is 7.38. The van der Waals surface area contributed by atoms with Gasteiger partial charge in [0.25, 0.3) is 0 Å². The molecule has 0 spiro atoms. The summed E-state index contributed by atoms with van der Waals surface area (Å²) >= 11 is 0. The maximum Gasteiger partial charge on any atom is 0.223 e. The number of amides is 1. The molecule has 0 aliphatic heterocycles. The number of hydrogen-bond donors (Lipinski definition) is 4. The second-order valence-corrected chi connectivity index (χ2v) is 11.1. The summed E-state index contributed by atoms with van der Waals surface area (Å²) in [6, 6.07) is 3.82. The molecule has 4 aromatic rings. The summed E-state index contributed by atoms with van der Waals surface area (Å²) in [7, 11) is -1.43. The zero-order valence-corrected chi connectivity index (χ0v) is 20.3. The number of rotatable bonds is 8. The van der Waals surface area contributed by atoms with Gasteiger partial charge in [-0.05, 0) is 37.3 Å². The summed E-state index contributed by atoms with van der Waals surface area (Å²) in [6.07, 6.45) is 6.82. The molecule has 1 aliphatic rings. The van der Waals surface area contributed by atoms with Gasteiger partial charge in [0.2, 0.25) is 5.91 Å². The van der Waals surface area contributed by atoms with E-state index in [1.165, 1.54) is 12.6 Å². The summed E-state index contributed by atoms with van der Waals surface area (Å²) in [4.78, 5) is 25.1. The molecule has 0 radical (unpaired) electrons. The van der Waals surface area contributed by atoms with E-state index in [4.69, 9.17) is 4.74 Å². The Labute approximate surface area is 202 Å². The van der Waals surface area contributed by atoms with Crippen LogP contribution in [0, 0.1) is 5.92 Å². The number of aromatic amines is 2. The predicted molar refractivity (Wildman–Crippen MR) is 133 cm³/mol. The van der Waals surface area contributed by atoms with E-state index in [0.717, 1.165) is 39.7 Å². The highest BCUT2D eigenvalue weighted by molar-refractivity contribution is 7.90. The van der Waals surface area contributed by atoms with Crippen LogP contribution < -0.4 is 15.4 Å². The molecule has 1 atom stereocenters. The van der Waals surface area contributed by atoms with Crippen molar-refractivity contribution in [1.82, 2.24) is 30.5 Å². The second-order valence-electron chi connectivity index (χ2n) is 8.88. The highest BCUT2D eigenvalue weighted by Crippen LogP contribution is 2.37. The first-order valence-electron chi connectivity index (χ1n) is 11.4. The van der Waals surface area contributed by atoms with Gasteiger partial charge >= 0.3 is 0 Å². The van der Waals surface area contributed by atoms with Gasteiger partial charge in [-0.3, -0.25) is 9.89 Å². The van der Waals surface area contributed by atoms with Crippen LogP contribution in [0.1, 0.15) is 24.1 Å². The van der Waals surface area contributed by atoms with E-state index >= 15 is 0 Å². The minimum absolute atomic E-state index is 0.0584. The lowest BCUT2D eigenvalue weighted by Crippen LogP contribution is -2.35. The number of hydrogen-bond acceptors (Lipinski definition) is 8. The Bertz CT molecular complexity index is 1510. The van der Waals surface area contributed by atoms with Crippen molar-refractivity contribution in [3.8, 4) is 5.75 Å². The SMILES string of the molecule is COc1cc2[nH]ncc2cc1Nc1ncnc2[nH]c3c(c12)CC(C(=O)NCCCS(C)(=O)=O)CC3. The maximum atomic E-state index is 12.8. The van der Waals surface area contributed by atoms with Crippen LogP contribution in [0.25, 0.3) is 21.9 Å². The molecular weight excluding hydrogens is 470 g/mol. The number of ether oxygens (including phenoxy) is 1. The standard InChI is InChI=1S/C23H27N7O4S/c1-34-19-10-17-14(11-27-30-17)9-18(19)29-22-20-15-8-13(23(31)24-6-3-7-35(2,32)33)4-5-16(15)28-21(20)25-12-26-22/h9-13H,3-8H2,1-2H3,(H,24,31)(H,27,30)(H2,25,26,28,29). The second kappa shape index (κ2) is 9.17. The summed E-state index contributed by atoms with van der Waals surface area (Å²) < 4.78 is 28.2. The van der Waals surface area contributed by atoms with Crippen molar-refractivity contribution < 1.29 is 17.9 Å². The number of methoxy groups -OCH3 is 1. The van der Waals surface area contributed by atoms with Crippen LogP contribution in [0.15, 0.2) is 24.7 Å². The zero-order chi connectivity index (χ0) is 24.6. The molecule has 0 fully saturated rings. The largest absolute Gasteiger partial charge is 0.494 e. The van der Waals surface area contributed by atoms with E-state index in [2.05, 4.69) is 35.8 Å². The summed E-state index contributed by atoms with van der Waals surface area (Å²) in [6.45, 7) is 0.343. The predicted octanol–water partition coefficient (Wildman–Crippen LogP) is 2.24. The number of aromatic nitrogens is 5. The molecule has 3 heterocycles. The Morgan fingerprint density at radius 1 is 1.29 bits per heavy atom. The van der Waals surface area contributed by atoms with Gasteiger partial charge in [-0.25, -0.2) is 18.4 Å². The van der Waals surface area contributed by atoms with Crippen LogP contribution in [0.3, 0.4) is 0 Å². The van der Waals surface area contributed by atoms with Gasteiger partial charge in [0.15, 0.2) is 0 Å². The molecule has 0 saturated heterocycles. The average molecular weight is 498 g/mol. The van der Waals surface area contributed by atoms with Crippen molar-refractivity contribution >= 4 is 49.2 Å². The first-order valence-corrected chi connectivity index (χ1v) is 13.5. The van der Waals surface area contributed by atoms with E-state index in [9.17, 15) is 13.2 Å². The van der Waals surface area contributed by atoms with E-state index < -0.39 is 9.84 Å². The lowest BCUT2D eigenvalue weighted by atomic mass is 9.86. The first-order chi connectivity index (χ1) is 16.8. The smallest absolute Gasteiger partial charge is 0.223 e. The number of aryl methyl sites for hydroxylation is 1. The number of nitrogens with one attached hydrogen (secondary N) is 4. The number of anilines is 2. The van der Waals surface area contributed by atoms with Crippen molar-refractivity contribution in [2.24, 2.45) is 5.92 Å². The average Bonchev–Trinajstić information content (AvgIpc) is 3.44. The van der Waals surface area contributed by atoms with Crippen LogP contribution in [-0.2, 0) is 27.5 Å². The maximum absolute atomic E-state index is 12.8. The fraction of sp³-hybridized carbons (Fsp3) is 0.391. The molecule has 0 saturated carbocycles. The molecule has 12 heteroatoms. The highest BCUT2D eigenvalue weighted by Gasteiger charge is 2.29. The normalized spacial score (nSPS) is 15.8. The van der Waals surface area contributed by atoms with E-state index in [-0.39, 0.29) is 17.6 Å². The molecule has 5 rings (SSSR count). The third-order valence-electron chi connectivity index (χ3n) is 6.35. The molecule has 11 nitrogen and oxygen atoms in total. The van der Waals surface area contributed by atoms with E-state index in [1.54, 1.807) is 13.3 Å². The van der Waals surface area contributed by atoms with E-state index in [0.29, 0.717) is 43.0 Å². The Hall–Kier alpha value is -3.67. The number of carbonyl (C=O) groups excluding carboxylic acids is 1. The molecule has 184 valence electrons. The lowest BCUT2D eigenvalue weighted by molar-refractivity contribution is -0.125. The molecular formula is C23H27N7O4S. The summed E-state index contributed by atoms with van der Waals surface area (Å²) in [5, 5.41) is 15.1. The van der Waals surface area contributed by atoms with Crippen LogP contribution in [-0.4, -0.2) is 65.1 Å². The monoisotopic (exact) mass is 497 g/mol. The van der Waals surface area contributed by atoms with Crippen molar-refractivity contribution in [3.05, 3.63) is 35.9 Å². The van der Waals surface area contributed by atoms with Crippen LogP contribution >= 0.6 is 0 Å². The van der Waals surface area contributed by atoms with Gasteiger partial charge in [0.1, 0.15) is 33.4 Å². The van der Waals surface area contributed by atoms with Crippen LogP contribution in [0.4, 0.5) is 11.5 Å². The Morgan fingerprint density at radius 2 is 2.14 bits per heavy atom. The van der Waals surface area contributed by atoms with Gasteiger partial charge in [0.05, 0.1) is 35.6 Å². The van der Waals surface area contributed by atoms with Crippen LogP contribution in [0.5, 0.6) is 5.75 Å². The third kappa shape index (κ3) is 4.78. The zero-order valence-electron chi connectivity index (χ0n) is 19.5. The number of benzene rings is 1. The topological polar surface area (TPSA) is 155 Å².